The molecule has 4 aromatic carbocycles. The van der Waals surface area contributed by atoms with Crippen LogP contribution in [0.15, 0.2) is 95.5 Å². The largest absolute Gasteiger partial charge is 0.481 e. The minimum atomic E-state index is -1.03. The molecule has 0 unspecified atom stereocenters. The van der Waals surface area contributed by atoms with Crippen LogP contribution < -0.4 is 0 Å². The summed E-state index contributed by atoms with van der Waals surface area (Å²) in [7, 11) is 0. The van der Waals surface area contributed by atoms with Gasteiger partial charge in [-0.2, -0.15) is 4.98 Å². The molecule has 0 bridgehead atoms. The molecule has 8 heteroatoms. The molecule has 0 radical (unpaired) electrons. The van der Waals surface area contributed by atoms with E-state index in [1.54, 1.807) is 60.7 Å². The van der Waals surface area contributed by atoms with Gasteiger partial charge in [-0.15, -0.1) is 0 Å². The van der Waals surface area contributed by atoms with Crippen molar-refractivity contribution < 1.29 is 28.0 Å². The van der Waals surface area contributed by atoms with Gasteiger partial charge < -0.3 is 9.63 Å². The summed E-state index contributed by atoms with van der Waals surface area (Å²) in [6.07, 6.45) is 0.0955. The molecule has 43 heavy (non-hydrogen) atoms. The zero-order valence-corrected chi connectivity index (χ0v) is 24.0. The van der Waals surface area contributed by atoms with Gasteiger partial charge in [-0.05, 0) is 58.4 Å². The third-order valence-electron chi connectivity index (χ3n) is 7.36. The van der Waals surface area contributed by atoms with E-state index in [9.17, 15) is 23.5 Å². The molecule has 0 saturated heterocycles. The van der Waals surface area contributed by atoms with E-state index in [0.717, 1.165) is 23.3 Å². The topological polar surface area (TPSA) is 93.3 Å². The Balaban J connectivity index is 1.24. The molecule has 1 heterocycles. The highest BCUT2D eigenvalue weighted by Gasteiger charge is 2.23. The lowest BCUT2D eigenvalue weighted by Gasteiger charge is -2.19. The average molecular weight is 581 g/mol. The molecule has 0 amide bonds. The fourth-order valence-electron chi connectivity index (χ4n) is 4.76. The predicted octanol–water partition coefficient (Wildman–Crippen LogP) is 8.16. The number of rotatable bonds is 9. The summed E-state index contributed by atoms with van der Waals surface area (Å²) in [5.41, 5.74) is 4.91. The summed E-state index contributed by atoms with van der Waals surface area (Å²) in [5.74, 6) is -3.27. The molecular formula is C35H30F2N2O4. The zero-order chi connectivity index (χ0) is 30.7. The molecule has 1 atom stereocenters. The number of halogens is 2. The number of Topliss-reactive ketones (excluding diaryl/α,β-unsaturated/α-hetero) is 1. The van der Waals surface area contributed by atoms with Gasteiger partial charge in [-0.3, -0.25) is 9.59 Å². The minimum Gasteiger partial charge on any atom is -0.481 e. The molecule has 0 spiro atoms. The Bertz CT molecular complexity index is 1750. The molecule has 0 aliphatic heterocycles. The van der Waals surface area contributed by atoms with Gasteiger partial charge in [-0.25, -0.2) is 8.78 Å². The number of benzene rings is 4. The van der Waals surface area contributed by atoms with Crippen LogP contribution >= 0.6 is 0 Å². The van der Waals surface area contributed by atoms with Crippen molar-refractivity contribution in [3.63, 3.8) is 0 Å². The van der Waals surface area contributed by atoms with Crippen molar-refractivity contribution in [1.82, 2.24) is 10.1 Å². The van der Waals surface area contributed by atoms with Crippen LogP contribution in [0.4, 0.5) is 8.78 Å². The summed E-state index contributed by atoms with van der Waals surface area (Å²) in [5, 5.41) is 13.9. The number of aromatic nitrogens is 2. The lowest BCUT2D eigenvalue weighted by atomic mass is 9.86. The van der Waals surface area contributed by atoms with Crippen LogP contribution in [-0.2, 0) is 16.6 Å². The fraction of sp³-hybridized carbons (Fsp3) is 0.200. The Morgan fingerprint density at radius 2 is 1.40 bits per heavy atom. The molecule has 0 saturated carbocycles. The Morgan fingerprint density at radius 3 is 2.00 bits per heavy atom. The van der Waals surface area contributed by atoms with Crippen LogP contribution in [0.2, 0.25) is 0 Å². The fourth-order valence-corrected chi connectivity index (χ4v) is 4.76. The Kier molecular flexibility index (Phi) is 8.30. The quantitative estimate of drug-likeness (QED) is 0.177. The molecule has 1 N–H and O–H groups in total. The molecule has 1 aromatic heterocycles. The van der Waals surface area contributed by atoms with E-state index in [-0.39, 0.29) is 29.9 Å². The number of ketones is 1. The molecule has 5 aromatic rings. The number of carboxylic acids is 1. The van der Waals surface area contributed by atoms with Crippen molar-refractivity contribution in [2.45, 2.75) is 39.0 Å². The average Bonchev–Trinajstić information content (AvgIpc) is 3.49. The van der Waals surface area contributed by atoms with Crippen molar-refractivity contribution in [2.75, 3.05) is 0 Å². The second kappa shape index (κ2) is 12.1. The number of carboxylic acid groups (broad SMARTS) is 1. The smallest absolute Gasteiger partial charge is 0.307 e. The van der Waals surface area contributed by atoms with Crippen molar-refractivity contribution in [3.05, 3.63) is 119 Å². The minimum absolute atomic E-state index is 0.0406. The first kappa shape index (κ1) is 29.5. The van der Waals surface area contributed by atoms with Gasteiger partial charge in [0.25, 0.3) is 5.89 Å². The Morgan fingerprint density at radius 1 is 0.791 bits per heavy atom. The van der Waals surface area contributed by atoms with Crippen molar-refractivity contribution in [3.8, 4) is 34.0 Å². The molecule has 0 aliphatic rings. The Hall–Kier alpha value is -4.98. The van der Waals surface area contributed by atoms with Crippen LogP contribution in [0.25, 0.3) is 34.0 Å². The highest BCUT2D eigenvalue weighted by molar-refractivity contribution is 5.98. The lowest BCUT2D eigenvalue weighted by Crippen LogP contribution is -2.20. The first-order valence-corrected chi connectivity index (χ1v) is 13.8. The molecular weight excluding hydrogens is 550 g/mol. The second-order valence-corrected chi connectivity index (χ2v) is 11.5. The van der Waals surface area contributed by atoms with Crippen LogP contribution in [-0.4, -0.2) is 27.0 Å². The van der Waals surface area contributed by atoms with Crippen LogP contribution in [0.1, 0.15) is 48.7 Å². The molecule has 0 aliphatic carbocycles. The normalized spacial score (nSPS) is 12.2. The summed E-state index contributed by atoms with van der Waals surface area (Å²) < 4.78 is 32.3. The number of hydrogen-bond donors (Lipinski definition) is 1. The highest BCUT2D eigenvalue weighted by Crippen LogP contribution is 2.28. The summed E-state index contributed by atoms with van der Waals surface area (Å²) >= 11 is 0. The van der Waals surface area contributed by atoms with E-state index in [1.165, 1.54) is 6.07 Å². The van der Waals surface area contributed by atoms with Crippen LogP contribution in [0, 0.1) is 17.6 Å². The predicted molar refractivity (Wildman–Crippen MR) is 159 cm³/mol. The van der Waals surface area contributed by atoms with Gasteiger partial charge >= 0.3 is 5.97 Å². The van der Waals surface area contributed by atoms with Gasteiger partial charge in [0, 0.05) is 23.1 Å². The summed E-state index contributed by atoms with van der Waals surface area (Å²) in [6, 6.07) is 25.2. The summed E-state index contributed by atoms with van der Waals surface area (Å²) in [4.78, 5) is 29.3. The van der Waals surface area contributed by atoms with Crippen molar-refractivity contribution in [1.29, 1.82) is 0 Å². The molecule has 5 rings (SSSR count). The van der Waals surface area contributed by atoms with Crippen molar-refractivity contribution >= 4 is 11.8 Å². The lowest BCUT2D eigenvalue weighted by molar-refractivity contribution is -0.141. The number of carbonyl (C=O) groups is 2. The molecule has 218 valence electrons. The first-order valence-electron chi connectivity index (χ1n) is 13.8. The first-order chi connectivity index (χ1) is 20.5. The number of hydrogen-bond acceptors (Lipinski definition) is 5. The van der Waals surface area contributed by atoms with E-state index in [4.69, 9.17) is 4.52 Å². The second-order valence-electron chi connectivity index (χ2n) is 11.5. The maximum absolute atomic E-state index is 13.6. The van der Waals surface area contributed by atoms with Crippen molar-refractivity contribution in [2.24, 2.45) is 5.92 Å². The maximum atomic E-state index is 13.6. The SMILES string of the molecule is CC(C)(C)c1ccc(C(=O)C[C@@H](Cc2ccc(-c3noc(-c4ccc(-c5ccc(F)c(F)c5)cc4)n3)cc2)C(=O)O)cc1. The number of nitrogens with zero attached hydrogens (tertiary/aromatic N) is 2. The van der Waals surface area contributed by atoms with Crippen LogP contribution in [0.3, 0.4) is 0 Å². The van der Waals surface area contributed by atoms with E-state index in [1.807, 2.05) is 12.1 Å². The van der Waals surface area contributed by atoms with E-state index >= 15 is 0 Å². The zero-order valence-electron chi connectivity index (χ0n) is 24.0. The molecule has 6 nitrogen and oxygen atoms in total. The Labute approximate surface area is 248 Å². The van der Waals surface area contributed by atoms with E-state index in [0.29, 0.717) is 33.6 Å². The number of aliphatic carboxylic acids is 1. The van der Waals surface area contributed by atoms with E-state index < -0.39 is 23.5 Å². The van der Waals surface area contributed by atoms with Gasteiger partial charge in [0.15, 0.2) is 17.4 Å². The van der Waals surface area contributed by atoms with Crippen LogP contribution in [0.5, 0.6) is 0 Å². The monoisotopic (exact) mass is 580 g/mol. The van der Waals surface area contributed by atoms with E-state index in [2.05, 4.69) is 30.9 Å². The third-order valence-corrected chi connectivity index (χ3v) is 7.36. The highest BCUT2D eigenvalue weighted by atomic mass is 19.2. The van der Waals surface area contributed by atoms with Gasteiger partial charge in [-0.1, -0.05) is 92.7 Å². The summed E-state index contributed by atoms with van der Waals surface area (Å²) in [6.45, 7) is 6.28. The number of carbonyl (C=O) groups excluding carboxylic acids is 1. The standard InChI is InChI=1S/C35H30F2N2O4/c1-35(2,3)28-15-12-23(13-16-28)31(40)20-27(34(41)42)18-21-4-6-24(7-5-21)32-38-33(43-39-32)25-10-8-22(9-11-25)26-14-17-29(36)30(37)19-26/h4-17,19,27H,18,20H2,1-3H3,(H,41,42)/t27-/m1/s1. The van der Waals surface area contributed by atoms with Gasteiger partial charge in [0.05, 0.1) is 5.92 Å². The van der Waals surface area contributed by atoms with Gasteiger partial charge in [0.1, 0.15) is 0 Å². The molecule has 0 fully saturated rings. The van der Waals surface area contributed by atoms with Gasteiger partial charge in [0.2, 0.25) is 5.82 Å². The maximum Gasteiger partial charge on any atom is 0.307 e. The third kappa shape index (κ3) is 6.92.